The zero-order valence-electron chi connectivity index (χ0n) is 14.8. The van der Waals surface area contributed by atoms with E-state index in [2.05, 4.69) is 19.2 Å². The third-order valence-corrected chi connectivity index (χ3v) is 6.65. The van der Waals surface area contributed by atoms with Gasteiger partial charge in [0.25, 0.3) is 0 Å². The van der Waals surface area contributed by atoms with Crippen molar-refractivity contribution in [2.75, 3.05) is 13.1 Å². The lowest BCUT2D eigenvalue weighted by atomic mass is 9.99. The molecule has 0 spiro atoms. The summed E-state index contributed by atoms with van der Waals surface area (Å²) in [5, 5.41) is 2.81. The van der Waals surface area contributed by atoms with Gasteiger partial charge < -0.3 is 5.32 Å². The lowest BCUT2D eigenvalue weighted by Crippen LogP contribution is -2.46. The van der Waals surface area contributed by atoms with Crippen LogP contribution < -0.4 is 5.32 Å². The van der Waals surface area contributed by atoms with Gasteiger partial charge >= 0.3 is 0 Å². The van der Waals surface area contributed by atoms with Crippen molar-refractivity contribution in [1.29, 1.82) is 0 Å². The molecule has 1 aliphatic heterocycles. The molecule has 0 aliphatic carbocycles. The van der Waals surface area contributed by atoms with E-state index < -0.39 is 16.1 Å². The molecular formula is C18H28N2O3S. The summed E-state index contributed by atoms with van der Waals surface area (Å²) < 4.78 is 27.2. The van der Waals surface area contributed by atoms with E-state index in [1.54, 1.807) is 12.1 Å². The first-order valence-corrected chi connectivity index (χ1v) is 10.2. The first-order chi connectivity index (χ1) is 11.4. The second-order valence-corrected chi connectivity index (χ2v) is 8.33. The van der Waals surface area contributed by atoms with Crippen molar-refractivity contribution in [3.63, 3.8) is 0 Å². The van der Waals surface area contributed by atoms with E-state index in [-0.39, 0.29) is 10.8 Å². The lowest BCUT2D eigenvalue weighted by Gasteiger charge is -2.23. The monoisotopic (exact) mass is 352 g/mol. The van der Waals surface area contributed by atoms with E-state index in [0.717, 1.165) is 18.4 Å². The maximum atomic E-state index is 12.9. The second-order valence-electron chi connectivity index (χ2n) is 6.44. The standard InChI is InChI=1S/C18H28N2O3S/c1-4-12-19-18(21)17-7-6-13-20(17)24(22,23)16-10-8-15(9-11-16)14(3)5-2/h8-11,14,17H,4-7,12-13H2,1-3H3,(H,19,21)/t14-,17+/m1/s1. The highest BCUT2D eigenvalue weighted by atomic mass is 32.2. The van der Waals surface area contributed by atoms with Crippen LogP contribution in [0.25, 0.3) is 0 Å². The van der Waals surface area contributed by atoms with Crippen LogP contribution in [0.4, 0.5) is 0 Å². The number of sulfonamides is 1. The molecule has 0 aromatic heterocycles. The van der Waals surface area contributed by atoms with E-state index in [1.807, 2.05) is 19.1 Å². The molecule has 1 saturated heterocycles. The Morgan fingerprint density at radius 1 is 1.29 bits per heavy atom. The highest BCUT2D eigenvalue weighted by Gasteiger charge is 2.39. The zero-order valence-corrected chi connectivity index (χ0v) is 15.6. The summed E-state index contributed by atoms with van der Waals surface area (Å²) in [6.07, 6.45) is 3.15. The molecule has 1 N–H and O–H groups in total. The normalized spacial score (nSPS) is 20.0. The van der Waals surface area contributed by atoms with Crippen LogP contribution in [0.5, 0.6) is 0 Å². The Hall–Kier alpha value is -1.40. The van der Waals surface area contributed by atoms with E-state index in [0.29, 0.717) is 31.8 Å². The highest BCUT2D eigenvalue weighted by molar-refractivity contribution is 7.89. The van der Waals surface area contributed by atoms with E-state index in [4.69, 9.17) is 0 Å². The average molecular weight is 353 g/mol. The van der Waals surface area contributed by atoms with Gasteiger partial charge in [0.05, 0.1) is 4.90 Å². The molecule has 6 heteroatoms. The Labute approximate surface area is 145 Å². The molecule has 1 heterocycles. The van der Waals surface area contributed by atoms with Crippen LogP contribution in [0.2, 0.25) is 0 Å². The molecule has 134 valence electrons. The Balaban J connectivity index is 2.20. The third kappa shape index (κ3) is 3.98. The van der Waals surface area contributed by atoms with Gasteiger partial charge in [-0.05, 0) is 49.3 Å². The molecule has 1 aromatic rings. The number of benzene rings is 1. The molecule has 5 nitrogen and oxygen atoms in total. The Kier molecular flexibility index (Phi) is 6.40. The fourth-order valence-corrected chi connectivity index (χ4v) is 4.65. The molecular weight excluding hydrogens is 324 g/mol. The second kappa shape index (κ2) is 8.12. The summed E-state index contributed by atoms with van der Waals surface area (Å²) in [5.41, 5.74) is 1.13. The molecule has 0 saturated carbocycles. The largest absolute Gasteiger partial charge is 0.355 e. The maximum absolute atomic E-state index is 12.9. The topological polar surface area (TPSA) is 66.5 Å². The first-order valence-electron chi connectivity index (χ1n) is 8.81. The van der Waals surface area contributed by atoms with Crippen LogP contribution in [-0.4, -0.2) is 37.8 Å². The smallest absolute Gasteiger partial charge is 0.243 e. The Morgan fingerprint density at radius 3 is 2.54 bits per heavy atom. The molecule has 24 heavy (non-hydrogen) atoms. The number of carbonyl (C=O) groups is 1. The van der Waals surface area contributed by atoms with E-state index in [1.165, 1.54) is 4.31 Å². The Morgan fingerprint density at radius 2 is 1.96 bits per heavy atom. The summed E-state index contributed by atoms with van der Waals surface area (Å²) in [4.78, 5) is 12.5. The summed E-state index contributed by atoms with van der Waals surface area (Å²) in [6.45, 7) is 7.19. The van der Waals surface area contributed by atoms with Crippen molar-refractivity contribution in [3.8, 4) is 0 Å². The number of nitrogens with one attached hydrogen (secondary N) is 1. The lowest BCUT2D eigenvalue weighted by molar-refractivity contribution is -0.124. The van der Waals surface area contributed by atoms with Gasteiger partial charge in [0, 0.05) is 13.1 Å². The van der Waals surface area contributed by atoms with Gasteiger partial charge in [0.15, 0.2) is 0 Å². The molecule has 1 fully saturated rings. The first kappa shape index (κ1) is 18.9. The minimum absolute atomic E-state index is 0.186. The van der Waals surface area contributed by atoms with Crippen molar-refractivity contribution in [2.45, 2.75) is 63.3 Å². The minimum Gasteiger partial charge on any atom is -0.355 e. The van der Waals surface area contributed by atoms with Crippen LogP contribution in [0.3, 0.4) is 0 Å². The zero-order chi connectivity index (χ0) is 17.7. The van der Waals surface area contributed by atoms with Crippen molar-refractivity contribution in [3.05, 3.63) is 29.8 Å². The number of nitrogens with zero attached hydrogens (tertiary/aromatic N) is 1. The summed E-state index contributed by atoms with van der Waals surface area (Å²) >= 11 is 0. The molecule has 1 aromatic carbocycles. The predicted octanol–water partition coefficient (Wildman–Crippen LogP) is 2.88. The van der Waals surface area contributed by atoms with Crippen LogP contribution in [0.15, 0.2) is 29.2 Å². The average Bonchev–Trinajstić information content (AvgIpc) is 3.09. The fourth-order valence-electron chi connectivity index (χ4n) is 3.00. The van der Waals surface area contributed by atoms with Crippen molar-refractivity contribution in [2.24, 2.45) is 0 Å². The van der Waals surface area contributed by atoms with Crippen LogP contribution in [0, 0.1) is 0 Å². The maximum Gasteiger partial charge on any atom is 0.243 e. The highest BCUT2D eigenvalue weighted by Crippen LogP contribution is 2.27. The van der Waals surface area contributed by atoms with E-state index in [9.17, 15) is 13.2 Å². The van der Waals surface area contributed by atoms with E-state index >= 15 is 0 Å². The van der Waals surface area contributed by atoms with Gasteiger partial charge in [0.1, 0.15) is 6.04 Å². The van der Waals surface area contributed by atoms with Gasteiger partial charge in [-0.1, -0.05) is 32.9 Å². The number of rotatable bonds is 7. The SMILES string of the molecule is CCCNC(=O)[C@@H]1CCCN1S(=O)(=O)c1ccc([C@H](C)CC)cc1. The molecule has 0 bridgehead atoms. The molecule has 2 rings (SSSR count). The van der Waals surface area contributed by atoms with Crippen LogP contribution in [0.1, 0.15) is 57.9 Å². The number of amides is 1. The quantitative estimate of drug-likeness (QED) is 0.820. The Bertz CT molecular complexity index is 655. The van der Waals surface area contributed by atoms with Gasteiger partial charge in [-0.2, -0.15) is 4.31 Å². The van der Waals surface area contributed by atoms with Crippen LogP contribution >= 0.6 is 0 Å². The van der Waals surface area contributed by atoms with Crippen LogP contribution in [-0.2, 0) is 14.8 Å². The number of hydrogen-bond acceptors (Lipinski definition) is 3. The summed E-state index contributed by atoms with van der Waals surface area (Å²) in [6, 6.07) is 6.49. The molecule has 1 aliphatic rings. The van der Waals surface area contributed by atoms with Gasteiger partial charge in [0.2, 0.25) is 15.9 Å². The van der Waals surface area contributed by atoms with Gasteiger partial charge in [-0.15, -0.1) is 0 Å². The fraction of sp³-hybridized carbons (Fsp3) is 0.611. The molecule has 2 atom stereocenters. The molecule has 1 amide bonds. The third-order valence-electron chi connectivity index (χ3n) is 4.72. The van der Waals surface area contributed by atoms with Crippen molar-refractivity contribution in [1.82, 2.24) is 9.62 Å². The molecule has 0 unspecified atom stereocenters. The minimum atomic E-state index is -3.63. The van der Waals surface area contributed by atoms with Crippen molar-refractivity contribution >= 4 is 15.9 Å². The van der Waals surface area contributed by atoms with Crippen molar-refractivity contribution < 1.29 is 13.2 Å². The number of carbonyl (C=O) groups excluding carboxylic acids is 1. The molecule has 0 radical (unpaired) electrons. The predicted molar refractivity (Wildman–Crippen MR) is 95.4 cm³/mol. The van der Waals surface area contributed by atoms with Gasteiger partial charge in [-0.3, -0.25) is 4.79 Å². The summed E-state index contributed by atoms with van der Waals surface area (Å²) in [7, 11) is -3.63. The summed E-state index contributed by atoms with van der Waals surface area (Å²) in [5.74, 6) is 0.218. The number of hydrogen-bond donors (Lipinski definition) is 1. The van der Waals surface area contributed by atoms with Gasteiger partial charge in [-0.25, -0.2) is 8.42 Å².